The zero-order chi connectivity index (χ0) is 16.1. The maximum Gasteiger partial charge on any atom is 0.146 e. The molecule has 2 aromatic rings. The molecule has 0 amide bonds. The molecule has 2 N–H and O–H groups in total. The van der Waals surface area contributed by atoms with E-state index in [2.05, 4.69) is 10.3 Å². The lowest BCUT2D eigenvalue weighted by molar-refractivity contribution is 0.209. The lowest BCUT2D eigenvalue weighted by atomic mass is 10.1. The Morgan fingerprint density at radius 3 is 2.59 bits per heavy atom. The summed E-state index contributed by atoms with van der Waals surface area (Å²) in [6, 6.07) is 10.3. The molecule has 5 heteroatoms. The highest BCUT2D eigenvalue weighted by atomic mass is 35.5. The van der Waals surface area contributed by atoms with Gasteiger partial charge in [0.2, 0.25) is 0 Å². The highest BCUT2D eigenvalue weighted by Crippen LogP contribution is 2.26. The van der Waals surface area contributed by atoms with E-state index in [1.807, 2.05) is 32.0 Å². The van der Waals surface area contributed by atoms with Crippen LogP contribution in [0.2, 0.25) is 5.02 Å². The number of rotatable bonds is 6. The molecule has 0 fully saturated rings. The summed E-state index contributed by atoms with van der Waals surface area (Å²) in [6.45, 7) is 4.26. The topological polar surface area (TPSA) is 45.1 Å². The summed E-state index contributed by atoms with van der Waals surface area (Å²) in [5, 5.41) is 13.0. The Morgan fingerprint density at radius 2 is 1.95 bits per heavy atom. The van der Waals surface area contributed by atoms with Crippen molar-refractivity contribution < 1.29 is 9.50 Å². The number of aromatic nitrogens is 1. The van der Waals surface area contributed by atoms with Gasteiger partial charge < -0.3 is 10.4 Å². The number of benzene rings is 1. The van der Waals surface area contributed by atoms with Crippen molar-refractivity contribution in [2.75, 3.05) is 6.61 Å². The predicted molar refractivity (Wildman–Crippen MR) is 87.2 cm³/mol. The molecule has 0 saturated carbocycles. The second-order valence-electron chi connectivity index (χ2n) is 5.52. The van der Waals surface area contributed by atoms with Crippen molar-refractivity contribution in [3.8, 4) is 11.3 Å². The maximum absolute atomic E-state index is 13.9. The van der Waals surface area contributed by atoms with Gasteiger partial charge in [0.05, 0.1) is 18.0 Å². The van der Waals surface area contributed by atoms with Gasteiger partial charge in [-0.3, -0.25) is 0 Å². The quantitative estimate of drug-likeness (QED) is 0.853. The van der Waals surface area contributed by atoms with Crippen molar-refractivity contribution in [2.45, 2.75) is 26.4 Å². The molecular weight excluding hydrogens is 303 g/mol. The third-order valence-corrected chi connectivity index (χ3v) is 3.93. The van der Waals surface area contributed by atoms with Crippen LogP contribution in [0.15, 0.2) is 36.4 Å². The van der Waals surface area contributed by atoms with Gasteiger partial charge in [0.15, 0.2) is 0 Å². The van der Waals surface area contributed by atoms with Crippen LogP contribution in [0.5, 0.6) is 0 Å². The molecule has 2 rings (SSSR count). The summed E-state index contributed by atoms with van der Waals surface area (Å²) in [4.78, 5) is 4.37. The number of pyridine rings is 1. The first-order chi connectivity index (χ1) is 10.5. The molecular formula is C17H20ClFN2O. The molecule has 0 radical (unpaired) electrons. The number of aliphatic hydroxyl groups excluding tert-OH is 1. The van der Waals surface area contributed by atoms with Crippen LogP contribution in [0.3, 0.4) is 0 Å². The Morgan fingerprint density at radius 1 is 1.23 bits per heavy atom. The van der Waals surface area contributed by atoms with Gasteiger partial charge in [-0.1, -0.05) is 43.6 Å². The van der Waals surface area contributed by atoms with Gasteiger partial charge in [0, 0.05) is 23.2 Å². The first kappa shape index (κ1) is 16.9. The molecule has 22 heavy (non-hydrogen) atoms. The summed E-state index contributed by atoms with van der Waals surface area (Å²) in [6.07, 6.45) is 0. The summed E-state index contributed by atoms with van der Waals surface area (Å²) in [7, 11) is 0. The van der Waals surface area contributed by atoms with Crippen molar-refractivity contribution in [1.82, 2.24) is 10.3 Å². The second kappa shape index (κ2) is 7.68. The van der Waals surface area contributed by atoms with Crippen LogP contribution in [-0.2, 0) is 6.54 Å². The first-order valence-electron chi connectivity index (χ1n) is 7.27. The fraction of sp³-hybridized carbons (Fsp3) is 0.353. The van der Waals surface area contributed by atoms with Crippen molar-refractivity contribution >= 4 is 11.6 Å². The van der Waals surface area contributed by atoms with Gasteiger partial charge in [0.25, 0.3) is 0 Å². The largest absolute Gasteiger partial charge is 0.395 e. The summed E-state index contributed by atoms with van der Waals surface area (Å²) < 4.78 is 13.9. The van der Waals surface area contributed by atoms with E-state index < -0.39 is 0 Å². The van der Waals surface area contributed by atoms with Crippen LogP contribution >= 0.6 is 11.6 Å². The third-order valence-electron chi connectivity index (χ3n) is 3.60. The van der Waals surface area contributed by atoms with Crippen molar-refractivity contribution in [1.29, 1.82) is 0 Å². The molecule has 3 nitrogen and oxygen atoms in total. The van der Waals surface area contributed by atoms with Crippen molar-refractivity contribution in [3.05, 3.63) is 52.9 Å². The van der Waals surface area contributed by atoms with Crippen molar-refractivity contribution in [2.24, 2.45) is 5.92 Å². The smallest absolute Gasteiger partial charge is 0.146 e. The minimum atomic E-state index is -0.372. The number of nitrogens with zero attached hydrogens (tertiary/aromatic N) is 1. The van der Waals surface area contributed by atoms with Crippen LogP contribution in [0.1, 0.15) is 19.5 Å². The molecule has 0 aliphatic carbocycles. The standard InChI is InChI=1S/C17H20ClFN2O/c1-11(2)17(10-22)20-9-16-14(19)7-8-15(21-16)12-5-3-4-6-13(12)18/h3-8,11,17,20,22H,9-10H2,1-2H3/t17-/m0/s1. The van der Waals surface area contributed by atoms with Crippen LogP contribution in [0, 0.1) is 11.7 Å². The number of nitrogens with one attached hydrogen (secondary N) is 1. The Labute approximate surface area is 135 Å². The van der Waals surface area contributed by atoms with Crippen LogP contribution < -0.4 is 5.32 Å². The molecule has 0 unspecified atom stereocenters. The molecule has 0 aliphatic heterocycles. The second-order valence-corrected chi connectivity index (χ2v) is 5.93. The highest BCUT2D eigenvalue weighted by Gasteiger charge is 2.14. The van der Waals surface area contributed by atoms with Gasteiger partial charge in [-0.2, -0.15) is 0 Å². The molecule has 1 atom stereocenters. The Balaban J connectivity index is 2.22. The van der Waals surface area contributed by atoms with E-state index in [9.17, 15) is 9.50 Å². The Bertz CT molecular complexity index is 634. The van der Waals surface area contributed by atoms with Gasteiger partial charge in [-0.25, -0.2) is 9.37 Å². The Hall–Kier alpha value is -1.49. The molecule has 0 spiro atoms. The first-order valence-corrected chi connectivity index (χ1v) is 7.65. The summed E-state index contributed by atoms with van der Waals surface area (Å²) >= 11 is 6.16. The van der Waals surface area contributed by atoms with E-state index in [0.717, 1.165) is 5.56 Å². The van der Waals surface area contributed by atoms with E-state index in [4.69, 9.17) is 11.6 Å². The molecule has 118 valence electrons. The van der Waals surface area contributed by atoms with Gasteiger partial charge >= 0.3 is 0 Å². The minimum Gasteiger partial charge on any atom is -0.395 e. The lowest BCUT2D eigenvalue weighted by Gasteiger charge is -2.20. The molecule has 0 aliphatic rings. The maximum atomic E-state index is 13.9. The zero-order valence-corrected chi connectivity index (χ0v) is 13.4. The molecule has 0 saturated heterocycles. The summed E-state index contributed by atoms with van der Waals surface area (Å²) in [5.74, 6) is -0.122. The van der Waals surface area contributed by atoms with Crippen LogP contribution in [0.25, 0.3) is 11.3 Å². The van der Waals surface area contributed by atoms with Crippen molar-refractivity contribution in [3.63, 3.8) is 0 Å². The van der Waals surface area contributed by atoms with Gasteiger partial charge in [-0.15, -0.1) is 0 Å². The molecule has 1 aromatic carbocycles. The van der Waals surface area contributed by atoms with E-state index in [1.54, 1.807) is 12.1 Å². The third kappa shape index (κ3) is 4.03. The number of halogens is 2. The average Bonchev–Trinajstić information content (AvgIpc) is 2.50. The fourth-order valence-corrected chi connectivity index (χ4v) is 2.40. The SMILES string of the molecule is CC(C)[C@H](CO)NCc1nc(-c2ccccc2Cl)ccc1F. The number of hydrogen-bond acceptors (Lipinski definition) is 3. The molecule has 1 heterocycles. The minimum absolute atomic E-state index is 0.00346. The highest BCUT2D eigenvalue weighted by molar-refractivity contribution is 6.33. The van der Waals surface area contributed by atoms with Gasteiger partial charge in [0.1, 0.15) is 5.82 Å². The van der Waals surface area contributed by atoms with E-state index in [-0.39, 0.29) is 30.9 Å². The number of aliphatic hydroxyl groups is 1. The average molecular weight is 323 g/mol. The molecule has 0 bridgehead atoms. The lowest BCUT2D eigenvalue weighted by Crippen LogP contribution is -2.36. The van der Waals surface area contributed by atoms with E-state index in [1.165, 1.54) is 6.07 Å². The Kier molecular flexibility index (Phi) is 5.89. The van der Waals surface area contributed by atoms with Crippen LogP contribution in [0.4, 0.5) is 4.39 Å². The monoisotopic (exact) mass is 322 g/mol. The zero-order valence-electron chi connectivity index (χ0n) is 12.7. The van der Waals surface area contributed by atoms with Gasteiger partial charge in [-0.05, 0) is 24.1 Å². The van der Waals surface area contributed by atoms with E-state index in [0.29, 0.717) is 16.4 Å². The van der Waals surface area contributed by atoms with Crippen LogP contribution in [-0.4, -0.2) is 22.7 Å². The predicted octanol–water partition coefficient (Wildman–Crippen LogP) is 3.65. The molecule has 1 aromatic heterocycles. The summed E-state index contributed by atoms with van der Waals surface area (Å²) in [5.41, 5.74) is 1.72. The fourth-order valence-electron chi connectivity index (χ4n) is 2.17. The normalized spacial score (nSPS) is 12.6. The number of hydrogen-bond donors (Lipinski definition) is 2. The van der Waals surface area contributed by atoms with E-state index >= 15 is 0 Å².